The molecule has 0 bridgehead atoms. The van der Waals surface area contributed by atoms with Gasteiger partial charge >= 0.3 is 0 Å². The Bertz CT molecular complexity index is 497. The minimum atomic E-state index is -0.358. The zero-order chi connectivity index (χ0) is 14.3. The smallest absolute Gasteiger partial charge is 0.0674 e. The molecule has 2 rings (SSSR count). The van der Waals surface area contributed by atoms with Crippen LogP contribution in [0.4, 0.5) is 0 Å². The molecule has 0 fully saturated rings. The maximum absolute atomic E-state index is 9.86. The summed E-state index contributed by atoms with van der Waals surface area (Å²) in [7, 11) is 1.91. The van der Waals surface area contributed by atoms with E-state index in [0.717, 1.165) is 17.7 Å². The molecule has 2 aromatic rings. The topological polar surface area (TPSA) is 32.3 Å². The summed E-state index contributed by atoms with van der Waals surface area (Å²) < 4.78 is 0. The van der Waals surface area contributed by atoms with E-state index in [0.29, 0.717) is 0 Å². The van der Waals surface area contributed by atoms with Gasteiger partial charge in [-0.1, -0.05) is 48.5 Å². The van der Waals surface area contributed by atoms with Crippen molar-refractivity contribution in [3.63, 3.8) is 0 Å². The molecule has 106 valence electrons. The monoisotopic (exact) mass is 287 g/mol. The largest absolute Gasteiger partial charge is 0.394 e. The van der Waals surface area contributed by atoms with Crippen molar-refractivity contribution in [3.8, 4) is 0 Å². The Balaban J connectivity index is 2.03. The van der Waals surface area contributed by atoms with Crippen LogP contribution in [0.3, 0.4) is 0 Å². The van der Waals surface area contributed by atoms with Crippen molar-refractivity contribution in [2.75, 3.05) is 19.4 Å². The fourth-order valence-electron chi connectivity index (χ4n) is 2.28. The fourth-order valence-corrected chi connectivity index (χ4v) is 3.32. The molecule has 0 saturated heterocycles. The highest BCUT2D eigenvalue weighted by atomic mass is 32.2. The predicted molar refractivity (Wildman–Crippen MR) is 86.0 cm³/mol. The number of hydrogen-bond acceptors (Lipinski definition) is 3. The van der Waals surface area contributed by atoms with Crippen LogP contribution < -0.4 is 5.32 Å². The lowest BCUT2D eigenvalue weighted by atomic mass is 9.88. The SMILES string of the molecule is CNC(CO)(CCSc1ccccc1)c1ccccc1. The van der Waals surface area contributed by atoms with Gasteiger partial charge in [0.15, 0.2) is 0 Å². The first-order valence-electron chi connectivity index (χ1n) is 6.84. The molecule has 3 heteroatoms. The van der Waals surface area contributed by atoms with Gasteiger partial charge < -0.3 is 10.4 Å². The Morgan fingerprint density at radius 3 is 2.15 bits per heavy atom. The highest BCUT2D eigenvalue weighted by Gasteiger charge is 2.28. The first-order valence-corrected chi connectivity index (χ1v) is 7.82. The van der Waals surface area contributed by atoms with Gasteiger partial charge in [-0.2, -0.15) is 0 Å². The quantitative estimate of drug-likeness (QED) is 0.767. The summed E-state index contributed by atoms with van der Waals surface area (Å²) in [5.74, 6) is 0.959. The van der Waals surface area contributed by atoms with E-state index in [4.69, 9.17) is 0 Å². The first kappa shape index (κ1) is 15.1. The Labute approximate surface area is 125 Å². The van der Waals surface area contributed by atoms with Crippen LogP contribution in [0.2, 0.25) is 0 Å². The molecule has 1 atom stereocenters. The van der Waals surface area contributed by atoms with E-state index < -0.39 is 0 Å². The van der Waals surface area contributed by atoms with Gasteiger partial charge in [0.05, 0.1) is 12.1 Å². The van der Waals surface area contributed by atoms with Crippen molar-refractivity contribution in [1.29, 1.82) is 0 Å². The number of benzene rings is 2. The molecule has 0 spiro atoms. The minimum absolute atomic E-state index is 0.100. The Morgan fingerprint density at radius 2 is 1.60 bits per heavy atom. The molecule has 0 heterocycles. The van der Waals surface area contributed by atoms with Gasteiger partial charge in [-0.3, -0.25) is 0 Å². The number of aliphatic hydroxyl groups excluding tert-OH is 1. The van der Waals surface area contributed by atoms with Gasteiger partial charge in [-0.15, -0.1) is 11.8 Å². The standard InChI is InChI=1S/C17H21NOS/c1-18-17(14-19,15-8-4-2-5-9-15)12-13-20-16-10-6-3-7-11-16/h2-11,18-19H,12-14H2,1H3. The summed E-state index contributed by atoms with van der Waals surface area (Å²) in [5.41, 5.74) is 0.780. The lowest BCUT2D eigenvalue weighted by Gasteiger charge is -2.32. The number of rotatable bonds is 7. The zero-order valence-electron chi connectivity index (χ0n) is 11.8. The summed E-state index contributed by atoms with van der Waals surface area (Å²) in [6, 6.07) is 20.5. The molecule has 2 N–H and O–H groups in total. The predicted octanol–water partition coefficient (Wildman–Crippen LogP) is 3.28. The lowest BCUT2D eigenvalue weighted by Crippen LogP contribution is -2.44. The van der Waals surface area contributed by atoms with Gasteiger partial charge in [0, 0.05) is 10.6 Å². The summed E-state index contributed by atoms with van der Waals surface area (Å²) >= 11 is 1.82. The molecule has 2 aromatic carbocycles. The van der Waals surface area contributed by atoms with Crippen LogP contribution in [-0.2, 0) is 5.54 Å². The molecule has 0 radical (unpaired) electrons. The van der Waals surface area contributed by atoms with Crippen LogP contribution in [0.5, 0.6) is 0 Å². The minimum Gasteiger partial charge on any atom is -0.394 e. The lowest BCUT2D eigenvalue weighted by molar-refractivity contribution is 0.165. The summed E-state index contributed by atoms with van der Waals surface area (Å²) in [4.78, 5) is 1.27. The maximum Gasteiger partial charge on any atom is 0.0674 e. The highest BCUT2D eigenvalue weighted by Crippen LogP contribution is 2.28. The van der Waals surface area contributed by atoms with Gasteiger partial charge in [-0.05, 0) is 31.2 Å². The van der Waals surface area contributed by atoms with E-state index >= 15 is 0 Å². The number of likely N-dealkylation sites (N-methyl/N-ethyl adjacent to an activating group) is 1. The van der Waals surface area contributed by atoms with Crippen LogP contribution >= 0.6 is 11.8 Å². The zero-order valence-corrected chi connectivity index (χ0v) is 12.6. The van der Waals surface area contributed by atoms with Crippen molar-refractivity contribution >= 4 is 11.8 Å². The van der Waals surface area contributed by atoms with Crippen molar-refractivity contribution in [3.05, 3.63) is 66.2 Å². The van der Waals surface area contributed by atoms with Crippen LogP contribution in [0, 0.1) is 0 Å². The maximum atomic E-state index is 9.86. The fraction of sp³-hybridized carbons (Fsp3) is 0.294. The number of hydrogen-bond donors (Lipinski definition) is 2. The first-order chi connectivity index (χ1) is 9.80. The van der Waals surface area contributed by atoms with E-state index in [1.54, 1.807) is 0 Å². The second kappa shape index (κ2) is 7.48. The molecule has 0 aliphatic rings. The summed E-state index contributed by atoms with van der Waals surface area (Å²) in [6.45, 7) is 0.100. The molecule has 1 unspecified atom stereocenters. The van der Waals surface area contributed by atoms with E-state index in [1.165, 1.54) is 4.90 Å². The number of nitrogens with one attached hydrogen (secondary N) is 1. The van der Waals surface area contributed by atoms with Crippen LogP contribution in [0.1, 0.15) is 12.0 Å². The molecular formula is C17H21NOS. The molecule has 0 aliphatic carbocycles. The second-order valence-corrected chi connectivity index (χ2v) is 5.94. The summed E-state index contributed by atoms with van der Waals surface area (Å²) in [5, 5.41) is 13.2. The van der Waals surface area contributed by atoms with E-state index in [1.807, 2.05) is 43.1 Å². The Morgan fingerprint density at radius 1 is 1.00 bits per heavy atom. The highest BCUT2D eigenvalue weighted by molar-refractivity contribution is 7.99. The van der Waals surface area contributed by atoms with Crippen molar-refractivity contribution in [2.24, 2.45) is 0 Å². The van der Waals surface area contributed by atoms with Crippen molar-refractivity contribution < 1.29 is 5.11 Å². The van der Waals surface area contributed by atoms with Crippen molar-refractivity contribution in [2.45, 2.75) is 16.9 Å². The molecule has 0 amide bonds. The van der Waals surface area contributed by atoms with Crippen LogP contribution in [0.15, 0.2) is 65.6 Å². The second-order valence-electron chi connectivity index (χ2n) is 4.77. The number of aliphatic hydroxyl groups is 1. The van der Waals surface area contributed by atoms with Gasteiger partial charge in [-0.25, -0.2) is 0 Å². The third-order valence-corrected chi connectivity index (χ3v) is 4.63. The van der Waals surface area contributed by atoms with E-state index in [9.17, 15) is 5.11 Å². The Hall–Kier alpha value is -1.29. The Kier molecular flexibility index (Phi) is 5.65. The third-order valence-electron chi connectivity index (χ3n) is 3.62. The van der Waals surface area contributed by atoms with Crippen molar-refractivity contribution in [1.82, 2.24) is 5.32 Å². The average molecular weight is 287 g/mol. The third kappa shape index (κ3) is 3.63. The van der Waals surface area contributed by atoms with Crippen LogP contribution in [-0.4, -0.2) is 24.5 Å². The van der Waals surface area contributed by atoms with Gasteiger partial charge in [0.2, 0.25) is 0 Å². The number of thioether (sulfide) groups is 1. The molecule has 0 saturated carbocycles. The molecular weight excluding hydrogens is 266 g/mol. The van der Waals surface area contributed by atoms with E-state index in [2.05, 4.69) is 41.7 Å². The average Bonchev–Trinajstić information content (AvgIpc) is 2.54. The van der Waals surface area contributed by atoms with Gasteiger partial charge in [0.25, 0.3) is 0 Å². The molecule has 0 aliphatic heterocycles. The molecule has 20 heavy (non-hydrogen) atoms. The molecule has 2 nitrogen and oxygen atoms in total. The van der Waals surface area contributed by atoms with Crippen LogP contribution in [0.25, 0.3) is 0 Å². The normalized spacial score (nSPS) is 13.9. The molecule has 0 aromatic heterocycles. The van der Waals surface area contributed by atoms with Gasteiger partial charge in [0.1, 0.15) is 0 Å². The summed E-state index contributed by atoms with van der Waals surface area (Å²) in [6.07, 6.45) is 0.879. The van der Waals surface area contributed by atoms with E-state index in [-0.39, 0.29) is 12.1 Å².